The van der Waals surface area contributed by atoms with E-state index in [0.29, 0.717) is 0 Å². The SMILES string of the molecule is Cc1ccc(-c2nnc(NN)[nH]c2=O)cc1C. The molecule has 6 heteroatoms. The van der Waals surface area contributed by atoms with E-state index < -0.39 is 0 Å². The minimum absolute atomic E-state index is 0.141. The Morgan fingerprint density at radius 3 is 2.59 bits per heavy atom. The van der Waals surface area contributed by atoms with Gasteiger partial charge >= 0.3 is 0 Å². The zero-order chi connectivity index (χ0) is 12.4. The van der Waals surface area contributed by atoms with Crippen molar-refractivity contribution >= 4 is 5.95 Å². The van der Waals surface area contributed by atoms with Crippen LogP contribution in [0.5, 0.6) is 0 Å². The predicted octanol–water partition coefficient (Wildman–Crippen LogP) is 0.734. The Kier molecular flexibility index (Phi) is 2.88. The summed E-state index contributed by atoms with van der Waals surface area (Å²) in [5.74, 6) is 5.27. The second kappa shape index (κ2) is 4.34. The van der Waals surface area contributed by atoms with Crippen molar-refractivity contribution in [3.8, 4) is 11.3 Å². The number of rotatable bonds is 2. The van der Waals surface area contributed by atoms with E-state index in [1.54, 1.807) is 0 Å². The second-order valence-corrected chi connectivity index (χ2v) is 3.79. The first-order chi connectivity index (χ1) is 8.11. The molecule has 2 aromatic rings. The van der Waals surface area contributed by atoms with E-state index in [0.717, 1.165) is 11.1 Å². The summed E-state index contributed by atoms with van der Waals surface area (Å²) in [5, 5.41) is 7.60. The number of hydrogen-bond acceptors (Lipinski definition) is 5. The average Bonchev–Trinajstić information content (AvgIpc) is 2.32. The summed E-state index contributed by atoms with van der Waals surface area (Å²) < 4.78 is 0. The van der Waals surface area contributed by atoms with Crippen LogP contribution in [0.2, 0.25) is 0 Å². The summed E-state index contributed by atoms with van der Waals surface area (Å²) in [6.07, 6.45) is 0. The number of nitrogens with zero attached hydrogens (tertiary/aromatic N) is 2. The van der Waals surface area contributed by atoms with Crippen LogP contribution in [0.4, 0.5) is 5.95 Å². The Morgan fingerprint density at radius 1 is 1.24 bits per heavy atom. The van der Waals surface area contributed by atoms with Crippen LogP contribution in [-0.2, 0) is 0 Å². The van der Waals surface area contributed by atoms with Crippen molar-refractivity contribution in [2.24, 2.45) is 5.84 Å². The number of benzene rings is 1. The molecule has 0 aliphatic rings. The van der Waals surface area contributed by atoms with Crippen LogP contribution in [0.15, 0.2) is 23.0 Å². The van der Waals surface area contributed by atoms with Gasteiger partial charge < -0.3 is 0 Å². The highest BCUT2D eigenvalue weighted by atomic mass is 16.1. The lowest BCUT2D eigenvalue weighted by molar-refractivity contribution is 0.946. The molecule has 0 amide bonds. The fraction of sp³-hybridized carbons (Fsp3) is 0.182. The number of H-pyrrole nitrogens is 1. The van der Waals surface area contributed by atoms with Gasteiger partial charge in [0.15, 0.2) is 5.69 Å². The molecule has 0 saturated heterocycles. The van der Waals surface area contributed by atoms with Crippen molar-refractivity contribution in [2.75, 3.05) is 5.43 Å². The molecule has 0 spiro atoms. The van der Waals surface area contributed by atoms with Crippen molar-refractivity contribution in [3.05, 3.63) is 39.7 Å². The van der Waals surface area contributed by atoms with Gasteiger partial charge in [0, 0.05) is 5.56 Å². The molecule has 1 heterocycles. The van der Waals surface area contributed by atoms with Gasteiger partial charge in [-0.2, -0.15) is 0 Å². The van der Waals surface area contributed by atoms with E-state index in [2.05, 4.69) is 20.6 Å². The molecule has 88 valence electrons. The summed E-state index contributed by atoms with van der Waals surface area (Å²) >= 11 is 0. The first-order valence-corrected chi connectivity index (χ1v) is 5.13. The van der Waals surface area contributed by atoms with Crippen LogP contribution < -0.4 is 16.8 Å². The first-order valence-electron chi connectivity index (χ1n) is 5.13. The molecule has 0 bridgehead atoms. The highest BCUT2D eigenvalue weighted by Crippen LogP contribution is 2.16. The molecule has 17 heavy (non-hydrogen) atoms. The van der Waals surface area contributed by atoms with Crippen LogP contribution in [0.3, 0.4) is 0 Å². The van der Waals surface area contributed by atoms with Crippen molar-refractivity contribution in [1.29, 1.82) is 0 Å². The molecule has 0 fully saturated rings. The Hall–Kier alpha value is -2.21. The Morgan fingerprint density at radius 2 is 2.00 bits per heavy atom. The van der Waals surface area contributed by atoms with E-state index in [1.807, 2.05) is 32.0 Å². The molecule has 0 aliphatic heterocycles. The smallest absolute Gasteiger partial charge is 0.279 e. The maximum atomic E-state index is 11.7. The van der Waals surface area contributed by atoms with Gasteiger partial charge in [-0.25, -0.2) is 5.84 Å². The van der Waals surface area contributed by atoms with Crippen LogP contribution in [0, 0.1) is 13.8 Å². The molecule has 0 atom stereocenters. The zero-order valence-electron chi connectivity index (χ0n) is 9.61. The monoisotopic (exact) mass is 231 g/mol. The van der Waals surface area contributed by atoms with Gasteiger partial charge in [-0.05, 0) is 31.0 Å². The van der Waals surface area contributed by atoms with Gasteiger partial charge in [0.05, 0.1) is 0 Å². The molecule has 1 aromatic carbocycles. The van der Waals surface area contributed by atoms with Crippen LogP contribution >= 0.6 is 0 Å². The molecule has 0 unspecified atom stereocenters. The molecule has 0 aliphatic carbocycles. The van der Waals surface area contributed by atoms with Gasteiger partial charge in [-0.15, -0.1) is 10.2 Å². The number of nitrogen functional groups attached to an aromatic ring is 1. The molecule has 0 saturated carbocycles. The topological polar surface area (TPSA) is 96.7 Å². The first kappa shape index (κ1) is 11.3. The van der Waals surface area contributed by atoms with Gasteiger partial charge in [0.25, 0.3) is 5.56 Å². The van der Waals surface area contributed by atoms with Crippen molar-refractivity contribution in [2.45, 2.75) is 13.8 Å². The van der Waals surface area contributed by atoms with Gasteiger partial charge in [0.1, 0.15) is 0 Å². The second-order valence-electron chi connectivity index (χ2n) is 3.79. The third kappa shape index (κ3) is 2.16. The van der Waals surface area contributed by atoms with Crippen LogP contribution in [-0.4, -0.2) is 15.2 Å². The lowest BCUT2D eigenvalue weighted by Crippen LogP contribution is -2.19. The van der Waals surface area contributed by atoms with Crippen LogP contribution in [0.25, 0.3) is 11.3 Å². The van der Waals surface area contributed by atoms with E-state index in [9.17, 15) is 4.79 Å². The average molecular weight is 231 g/mol. The Labute approximate surface area is 97.9 Å². The molecule has 4 N–H and O–H groups in total. The molecule has 0 radical (unpaired) electrons. The van der Waals surface area contributed by atoms with E-state index in [4.69, 9.17) is 5.84 Å². The normalized spacial score (nSPS) is 10.3. The van der Waals surface area contributed by atoms with E-state index in [1.165, 1.54) is 5.56 Å². The molecular formula is C11H13N5O. The maximum absolute atomic E-state index is 11.7. The van der Waals surface area contributed by atoms with E-state index >= 15 is 0 Å². The minimum Gasteiger partial charge on any atom is -0.293 e. The number of aromatic nitrogens is 3. The number of hydrogen-bond donors (Lipinski definition) is 3. The molecule has 2 rings (SSSR count). The largest absolute Gasteiger partial charge is 0.293 e. The third-order valence-electron chi connectivity index (χ3n) is 2.61. The Balaban J connectivity index is 2.53. The summed E-state index contributed by atoms with van der Waals surface area (Å²) in [6, 6.07) is 5.70. The van der Waals surface area contributed by atoms with Crippen molar-refractivity contribution < 1.29 is 0 Å². The number of anilines is 1. The minimum atomic E-state index is -0.323. The summed E-state index contributed by atoms with van der Waals surface area (Å²) in [7, 11) is 0. The standard InChI is InChI=1S/C11H13N5O/c1-6-3-4-8(5-7(6)2)9-10(17)13-11(14-12)16-15-9/h3-5H,12H2,1-2H3,(H2,13,14,16,17). The fourth-order valence-corrected chi connectivity index (χ4v) is 1.48. The van der Waals surface area contributed by atoms with E-state index in [-0.39, 0.29) is 17.2 Å². The quantitative estimate of drug-likeness (QED) is 0.523. The fourth-order valence-electron chi connectivity index (χ4n) is 1.48. The number of aromatic amines is 1. The number of aryl methyl sites for hydroxylation is 2. The highest BCUT2D eigenvalue weighted by Gasteiger charge is 2.07. The zero-order valence-corrected chi connectivity index (χ0v) is 9.61. The third-order valence-corrected chi connectivity index (χ3v) is 2.61. The molecule has 1 aromatic heterocycles. The maximum Gasteiger partial charge on any atom is 0.279 e. The summed E-state index contributed by atoms with van der Waals surface area (Å²) in [6.45, 7) is 3.99. The van der Waals surface area contributed by atoms with Crippen molar-refractivity contribution in [1.82, 2.24) is 15.2 Å². The number of nitrogens with one attached hydrogen (secondary N) is 2. The lowest BCUT2D eigenvalue weighted by Gasteiger charge is -2.04. The Bertz CT molecular complexity index is 605. The van der Waals surface area contributed by atoms with Gasteiger partial charge in [-0.1, -0.05) is 12.1 Å². The van der Waals surface area contributed by atoms with Gasteiger partial charge in [-0.3, -0.25) is 15.2 Å². The van der Waals surface area contributed by atoms with Crippen LogP contribution in [0.1, 0.15) is 11.1 Å². The number of nitrogens with two attached hydrogens (primary N) is 1. The summed E-state index contributed by atoms with van der Waals surface area (Å²) in [4.78, 5) is 14.2. The lowest BCUT2D eigenvalue weighted by atomic mass is 10.0. The predicted molar refractivity (Wildman–Crippen MR) is 65.4 cm³/mol. The van der Waals surface area contributed by atoms with Crippen molar-refractivity contribution in [3.63, 3.8) is 0 Å². The number of hydrazine groups is 1. The molecule has 6 nitrogen and oxygen atoms in total. The highest BCUT2D eigenvalue weighted by molar-refractivity contribution is 5.59. The van der Waals surface area contributed by atoms with Gasteiger partial charge in [0.2, 0.25) is 5.95 Å². The summed E-state index contributed by atoms with van der Waals surface area (Å²) in [5.41, 5.74) is 5.21. The molecular weight excluding hydrogens is 218 g/mol.